The topological polar surface area (TPSA) is 68.7 Å². The van der Waals surface area contributed by atoms with Crippen LogP contribution in [0.2, 0.25) is 0 Å². The summed E-state index contributed by atoms with van der Waals surface area (Å²) in [6, 6.07) is 7.94. The van der Waals surface area contributed by atoms with E-state index in [1.54, 1.807) is 6.92 Å². The van der Waals surface area contributed by atoms with Gasteiger partial charge in [0.2, 0.25) is 6.29 Å². The van der Waals surface area contributed by atoms with Crippen LogP contribution >= 0.6 is 11.3 Å². The minimum atomic E-state index is -0.971. The molecule has 0 aliphatic carbocycles. The summed E-state index contributed by atoms with van der Waals surface area (Å²) in [5, 5.41) is 12.7. The zero-order valence-corrected chi connectivity index (χ0v) is 18.4. The van der Waals surface area contributed by atoms with Crippen molar-refractivity contribution in [1.82, 2.24) is 4.98 Å². The maximum absolute atomic E-state index is 11.5. The van der Waals surface area contributed by atoms with Crippen molar-refractivity contribution in [2.24, 2.45) is 0 Å². The number of benzene rings is 1. The first-order valence-electron chi connectivity index (χ1n) is 10.6. The van der Waals surface area contributed by atoms with Gasteiger partial charge in [-0.3, -0.25) is 4.79 Å². The third kappa shape index (κ3) is 9.41. The Kier molecular flexibility index (Phi) is 10.7. The quantitative estimate of drug-likeness (QED) is 0.262. The van der Waals surface area contributed by atoms with Crippen molar-refractivity contribution >= 4 is 17.3 Å². The summed E-state index contributed by atoms with van der Waals surface area (Å²) < 4.78 is 10.5. The molecule has 160 valence electrons. The highest BCUT2D eigenvalue weighted by atomic mass is 32.1. The molecular formula is C23H33NO4S. The fourth-order valence-corrected chi connectivity index (χ4v) is 3.89. The van der Waals surface area contributed by atoms with E-state index in [2.05, 4.69) is 24.0 Å². The Hall–Kier alpha value is -1.92. The van der Waals surface area contributed by atoms with E-state index < -0.39 is 6.29 Å². The second-order valence-electron chi connectivity index (χ2n) is 7.15. The predicted molar refractivity (Wildman–Crippen MR) is 116 cm³/mol. The van der Waals surface area contributed by atoms with Crippen molar-refractivity contribution in [3.8, 4) is 5.75 Å². The van der Waals surface area contributed by atoms with Gasteiger partial charge in [-0.1, -0.05) is 51.2 Å². The van der Waals surface area contributed by atoms with Crippen molar-refractivity contribution in [2.45, 2.75) is 77.9 Å². The molecule has 0 saturated heterocycles. The maximum atomic E-state index is 11.5. The van der Waals surface area contributed by atoms with Crippen molar-refractivity contribution in [2.75, 3.05) is 6.61 Å². The summed E-state index contributed by atoms with van der Waals surface area (Å²) in [6.45, 7) is 4.38. The lowest BCUT2D eigenvalue weighted by Crippen LogP contribution is -2.18. The first-order valence-corrected chi connectivity index (χ1v) is 11.5. The van der Waals surface area contributed by atoms with Crippen LogP contribution in [0.4, 0.5) is 0 Å². The van der Waals surface area contributed by atoms with Crippen LogP contribution in [0.1, 0.15) is 68.6 Å². The van der Waals surface area contributed by atoms with Crippen LogP contribution in [0.15, 0.2) is 29.6 Å². The van der Waals surface area contributed by atoms with Gasteiger partial charge in [-0.15, -0.1) is 11.3 Å². The molecule has 0 radical (unpaired) electrons. The van der Waals surface area contributed by atoms with Crippen molar-refractivity contribution in [1.29, 1.82) is 0 Å². The minimum absolute atomic E-state index is 0.154. The molecule has 0 bridgehead atoms. The molecule has 1 unspecified atom stereocenters. The third-order valence-corrected chi connectivity index (χ3v) is 5.51. The Morgan fingerprint density at radius 1 is 1.10 bits per heavy atom. The summed E-state index contributed by atoms with van der Waals surface area (Å²) in [6.07, 6.45) is 8.32. The molecule has 1 atom stereocenters. The standard InChI is InChI=1S/C23H33NO4S/c1-3-5-6-7-8-9-10-18-11-13-20(14-12-18)28-23(26)16-21-24-19(17-29-21)15-22(25)27-4-2/h11-14,17,23,26H,3-10,15-16H2,1-2H3. The Bertz CT molecular complexity index is 714. The summed E-state index contributed by atoms with van der Waals surface area (Å²) in [7, 11) is 0. The van der Waals surface area contributed by atoms with Crippen molar-refractivity contribution in [3.63, 3.8) is 0 Å². The molecule has 0 fully saturated rings. The average Bonchev–Trinajstić information content (AvgIpc) is 3.12. The number of aryl methyl sites for hydroxylation is 1. The predicted octanol–water partition coefficient (Wildman–Crippen LogP) is 5.09. The van der Waals surface area contributed by atoms with Gasteiger partial charge in [-0.2, -0.15) is 0 Å². The van der Waals surface area contributed by atoms with E-state index in [1.165, 1.54) is 55.4 Å². The number of rotatable bonds is 14. The van der Waals surface area contributed by atoms with Gasteiger partial charge in [0.1, 0.15) is 5.75 Å². The number of aliphatic hydroxyl groups excluding tert-OH is 1. The van der Waals surface area contributed by atoms with Crippen molar-refractivity contribution in [3.05, 3.63) is 45.9 Å². The number of carbonyl (C=O) groups is 1. The molecule has 0 spiro atoms. The van der Waals surface area contributed by atoms with Crippen LogP contribution in [0.5, 0.6) is 5.75 Å². The fraction of sp³-hybridized carbons (Fsp3) is 0.565. The van der Waals surface area contributed by atoms with E-state index in [9.17, 15) is 9.90 Å². The van der Waals surface area contributed by atoms with E-state index in [1.807, 2.05) is 17.5 Å². The molecule has 0 amide bonds. The van der Waals surface area contributed by atoms with E-state index >= 15 is 0 Å². The van der Waals surface area contributed by atoms with Crippen LogP contribution < -0.4 is 4.74 Å². The van der Waals surface area contributed by atoms with Gasteiger partial charge >= 0.3 is 5.97 Å². The fourth-order valence-electron chi connectivity index (χ4n) is 3.08. The van der Waals surface area contributed by atoms with Crippen LogP contribution in [0.3, 0.4) is 0 Å². The first-order chi connectivity index (χ1) is 14.1. The number of unbranched alkanes of at least 4 members (excludes halogenated alkanes) is 5. The molecule has 29 heavy (non-hydrogen) atoms. The van der Waals surface area contributed by atoms with Gasteiger partial charge in [-0.25, -0.2) is 4.98 Å². The highest BCUT2D eigenvalue weighted by molar-refractivity contribution is 7.09. The largest absolute Gasteiger partial charge is 0.466 e. The Labute approximate surface area is 178 Å². The number of ether oxygens (including phenoxy) is 2. The molecule has 0 aliphatic heterocycles. The Morgan fingerprint density at radius 2 is 1.83 bits per heavy atom. The molecule has 6 heteroatoms. The van der Waals surface area contributed by atoms with Gasteiger partial charge in [0.15, 0.2) is 0 Å². The van der Waals surface area contributed by atoms with Gasteiger partial charge in [0, 0.05) is 5.38 Å². The zero-order valence-electron chi connectivity index (χ0n) is 17.6. The lowest BCUT2D eigenvalue weighted by Gasteiger charge is -2.12. The molecule has 1 aromatic carbocycles. The minimum Gasteiger partial charge on any atom is -0.466 e. The normalized spacial score (nSPS) is 12.0. The molecule has 1 N–H and O–H groups in total. The summed E-state index contributed by atoms with van der Waals surface area (Å²) in [5.74, 6) is 0.356. The van der Waals surface area contributed by atoms with Gasteiger partial charge in [-0.05, 0) is 37.5 Å². The Morgan fingerprint density at radius 3 is 2.55 bits per heavy atom. The summed E-state index contributed by atoms with van der Waals surface area (Å²) in [4.78, 5) is 15.9. The second kappa shape index (κ2) is 13.3. The Balaban J connectivity index is 1.71. The number of carbonyl (C=O) groups excluding carboxylic acids is 1. The molecule has 2 aromatic rings. The van der Waals surface area contributed by atoms with Crippen LogP contribution in [-0.4, -0.2) is 29.0 Å². The lowest BCUT2D eigenvalue weighted by molar-refractivity contribution is -0.142. The number of aliphatic hydroxyl groups is 1. The number of thiazole rings is 1. The second-order valence-corrected chi connectivity index (χ2v) is 8.10. The highest BCUT2D eigenvalue weighted by Crippen LogP contribution is 2.18. The highest BCUT2D eigenvalue weighted by Gasteiger charge is 2.13. The van der Waals surface area contributed by atoms with Crippen molar-refractivity contribution < 1.29 is 19.4 Å². The van der Waals surface area contributed by atoms with Crippen LogP contribution in [-0.2, 0) is 28.8 Å². The molecule has 1 heterocycles. The maximum Gasteiger partial charge on any atom is 0.311 e. The third-order valence-electron chi connectivity index (χ3n) is 4.59. The molecule has 0 saturated carbocycles. The van der Waals surface area contributed by atoms with Crippen LogP contribution in [0.25, 0.3) is 0 Å². The van der Waals surface area contributed by atoms with E-state index in [-0.39, 0.29) is 18.8 Å². The zero-order chi connectivity index (χ0) is 20.9. The van der Waals surface area contributed by atoms with E-state index in [0.717, 1.165) is 11.4 Å². The van der Waals surface area contributed by atoms with Gasteiger partial charge < -0.3 is 14.6 Å². The molecule has 1 aromatic heterocycles. The molecule has 2 rings (SSSR count). The molecule has 5 nitrogen and oxygen atoms in total. The number of esters is 1. The number of hydrogen-bond acceptors (Lipinski definition) is 6. The number of hydrogen-bond donors (Lipinski definition) is 1. The average molecular weight is 420 g/mol. The smallest absolute Gasteiger partial charge is 0.311 e. The van der Waals surface area contributed by atoms with Gasteiger partial charge in [0.25, 0.3) is 0 Å². The molecule has 0 aliphatic rings. The lowest BCUT2D eigenvalue weighted by atomic mass is 10.0. The number of nitrogens with zero attached hydrogens (tertiary/aromatic N) is 1. The SMILES string of the molecule is CCCCCCCCc1ccc(OC(O)Cc2nc(CC(=O)OCC)cs2)cc1. The summed E-state index contributed by atoms with van der Waals surface area (Å²) in [5.41, 5.74) is 1.96. The van der Waals surface area contributed by atoms with Crippen LogP contribution in [0, 0.1) is 0 Å². The van der Waals surface area contributed by atoms with Gasteiger partial charge in [0.05, 0.1) is 30.2 Å². The van der Waals surface area contributed by atoms with E-state index in [4.69, 9.17) is 9.47 Å². The molecular weight excluding hydrogens is 386 g/mol. The first kappa shape index (κ1) is 23.4. The number of aromatic nitrogens is 1. The van der Waals surface area contributed by atoms with E-state index in [0.29, 0.717) is 18.1 Å². The monoisotopic (exact) mass is 419 g/mol. The summed E-state index contributed by atoms with van der Waals surface area (Å²) >= 11 is 1.41.